The quantitative estimate of drug-likeness (QED) is 0.390. The minimum atomic E-state index is -0.168. The molecule has 4 rings (SSSR count). The van der Waals surface area contributed by atoms with Gasteiger partial charge in [0.25, 0.3) is 5.56 Å². The van der Waals surface area contributed by atoms with Gasteiger partial charge in [-0.1, -0.05) is 59.8 Å². The summed E-state index contributed by atoms with van der Waals surface area (Å²) in [5.41, 5.74) is 4.62. The van der Waals surface area contributed by atoms with Gasteiger partial charge in [0.15, 0.2) is 5.16 Å². The number of amides is 1. The van der Waals surface area contributed by atoms with Crippen LogP contribution >= 0.6 is 11.8 Å². The average molecular weight is 404 g/mol. The number of nitrogens with zero attached hydrogens (tertiary/aromatic N) is 2. The molecule has 0 fully saturated rings. The van der Waals surface area contributed by atoms with Crippen LogP contribution in [-0.4, -0.2) is 26.2 Å². The van der Waals surface area contributed by atoms with E-state index < -0.39 is 0 Å². The summed E-state index contributed by atoms with van der Waals surface area (Å²) in [6.07, 6.45) is 1.80. The first-order chi connectivity index (χ1) is 14.0. The maximum absolute atomic E-state index is 12.7. The molecule has 2 aromatic carbocycles. The number of benzene rings is 2. The number of thioether (sulfide) groups is 1. The monoisotopic (exact) mass is 404 g/mol. The lowest BCUT2D eigenvalue weighted by atomic mass is 10.1. The summed E-state index contributed by atoms with van der Waals surface area (Å²) in [7, 11) is 1.66. The van der Waals surface area contributed by atoms with Crippen molar-refractivity contribution in [3.63, 3.8) is 0 Å². The summed E-state index contributed by atoms with van der Waals surface area (Å²) in [4.78, 5) is 32.8. The highest BCUT2D eigenvalue weighted by molar-refractivity contribution is 7.99. The van der Waals surface area contributed by atoms with Crippen molar-refractivity contribution in [1.29, 1.82) is 0 Å². The van der Waals surface area contributed by atoms with Crippen LogP contribution in [0.1, 0.15) is 5.56 Å². The van der Waals surface area contributed by atoms with E-state index in [1.807, 2.05) is 61.5 Å². The SMILES string of the molecule is Cc1ccc(NC(=O)CSc2nc3c(-c4ccccc4)c[nH]c3c(=O)n2C)cc1. The van der Waals surface area contributed by atoms with Crippen molar-refractivity contribution in [3.8, 4) is 11.1 Å². The highest BCUT2D eigenvalue weighted by Crippen LogP contribution is 2.27. The van der Waals surface area contributed by atoms with Crippen molar-refractivity contribution >= 4 is 34.4 Å². The third kappa shape index (κ3) is 3.95. The van der Waals surface area contributed by atoms with Crippen LogP contribution in [0.4, 0.5) is 5.69 Å². The van der Waals surface area contributed by atoms with Crippen LogP contribution < -0.4 is 10.9 Å². The van der Waals surface area contributed by atoms with E-state index in [4.69, 9.17) is 0 Å². The minimum absolute atomic E-state index is 0.148. The van der Waals surface area contributed by atoms with E-state index in [2.05, 4.69) is 15.3 Å². The molecule has 6 nitrogen and oxygen atoms in total. The lowest BCUT2D eigenvalue weighted by Crippen LogP contribution is -2.21. The summed E-state index contributed by atoms with van der Waals surface area (Å²) in [5, 5.41) is 3.36. The Labute approximate surface area is 172 Å². The second kappa shape index (κ2) is 7.97. The van der Waals surface area contributed by atoms with Crippen LogP contribution in [0.5, 0.6) is 0 Å². The Morgan fingerprint density at radius 1 is 1.14 bits per heavy atom. The van der Waals surface area contributed by atoms with Crippen LogP contribution in [0, 0.1) is 6.92 Å². The Hall–Kier alpha value is -3.32. The fourth-order valence-corrected chi connectivity index (χ4v) is 3.82. The molecule has 1 amide bonds. The molecule has 0 aliphatic rings. The van der Waals surface area contributed by atoms with Gasteiger partial charge in [0, 0.05) is 24.5 Å². The molecular formula is C22H20N4O2S. The molecule has 7 heteroatoms. The number of aromatic amines is 1. The summed E-state index contributed by atoms with van der Waals surface area (Å²) >= 11 is 1.24. The molecule has 0 aliphatic carbocycles. The fourth-order valence-electron chi connectivity index (χ4n) is 3.05. The number of rotatable bonds is 5. The zero-order chi connectivity index (χ0) is 20.4. The van der Waals surface area contributed by atoms with Gasteiger partial charge in [-0.3, -0.25) is 14.2 Å². The molecule has 0 atom stereocenters. The van der Waals surface area contributed by atoms with Crippen molar-refractivity contribution in [2.75, 3.05) is 11.1 Å². The number of carbonyl (C=O) groups excluding carboxylic acids is 1. The molecule has 0 spiro atoms. The predicted octanol–water partition coefficient (Wildman–Crippen LogP) is 3.97. The van der Waals surface area contributed by atoms with E-state index in [0.717, 1.165) is 22.4 Å². The number of aryl methyl sites for hydroxylation is 1. The molecular weight excluding hydrogens is 384 g/mol. The number of hydrogen-bond donors (Lipinski definition) is 2. The number of hydrogen-bond acceptors (Lipinski definition) is 4. The van der Waals surface area contributed by atoms with Crippen LogP contribution in [0.15, 0.2) is 70.7 Å². The Morgan fingerprint density at radius 3 is 2.59 bits per heavy atom. The van der Waals surface area contributed by atoms with Gasteiger partial charge in [-0.05, 0) is 24.6 Å². The Bertz CT molecular complexity index is 1230. The van der Waals surface area contributed by atoms with Gasteiger partial charge in [-0.2, -0.15) is 0 Å². The molecule has 2 heterocycles. The molecule has 4 aromatic rings. The first-order valence-electron chi connectivity index (χ1n) is 9.16. The lowest BCUT2D eigenvalue weighted by Gasteiger charge is -2.09. The fraction of sp³-hybridized carbons (Fsp3) is 0.136. The zero-order valence-corrected chi connectivity index (χ0v) is 16.9. The normalized spacial score (nSPS) is 11.0. The summed E-state index contributed by atoms with van der Waals surface area (Å²) in [6.45, 7) is 1.99. The van der Waals surface area contributed by atoms with Crippen LogP contribution in [-0.2, 0) is 11.8 Å². The van der Waals surface area contributed by atoms with E-state index in [-0.39, 0.29) is 17.2 Å². The second-order valence-electron chi connectivity index (χ2n) is 6.75. The van der Waals surface area contributed by atoms with E-state index in [0.29, 0.717) is 16.2 Å². The van der Waals surface area contributed by atoms with Gasteiger partial charge in [0.1, 0.15) is 11.0 Å². The number of H-pyrrole nitrogens is 1. The van der Waals surface area contributed by atoms with Crippen molar-refractivity contribution < 1.29 is 4.79 Å². The highest BCUT2D eigenvalue weighted by atomic mass is 32.2. The molecule has 0 radical (unpaired) electrons. The Kier molecular flexibility index (Phi) is 5.22. The first kappa shape index (κ1) is 19.0. The Morgan fingerprint density at radius 2 is 1.86 bits per heavy atom. The number of carbonyl (C=O) groups is 1. The molecule has 0 aliphatic heterocycles. The van der Waals surface area contributed by atoms with E-state index >= 15 is 0 Å². The third-order valence-electron chi connectivity index (χ3n) is 4.62. The van der Waals surface area contributed by atoms with Gasteiger partial charge < -0.3 is 10.3 Å². The number of aromatic nitrogens is 3. The van der Waals surface area contributed by atoms with E-state index in [9.17, 15) is 9.59 Å². The van der Waals surface area contributed by atoms with Crippen molar-refractivity contribution in [1.82, 2.24) is 14.5 Å². The molecule has 29 heavy (non-hydrogen) atoms. The van der Waals surface area contributed by atoms with Crippen molar-refractivity contribution in [2.24, 2.45) is 7.05 Å². The topological polar surface area (TPSA) is 79.8 Å². The summed E-state index contributed by atoms with van der Waals surface area (Å²) in [6, 6.07) is 17.4. The van der Waals surface area contributed by atoms with Crippen LogP contribution in [0.25, 0.3) is 22.2 Å². The van der Waals surface area contributed by atoms with Gasteiger partial charge in [-0.25, -0.2) is 4.98 Å². The molecule has 0 unspecified atom stereocenters. The smallest absolute Gasteiger partial charge is 0.278 e. The van der Waals surface area contributed by atoms with Gasteiger partial charge >= 0.3 is 0 Å². The molecule has 0 saturated heterocycles. The summed E-state index contributed by atoms with van der Waals surface area (Å²) < 4.78 is 1.47. The average Bonchev–Trinajstić information content (AvgIpc) is 3.16. The molecule has 2 aromatic heterocycles. The molecule has 2 N–H and O–H groups in total. The van der Waals surface area contributed by atoms with Gasteiger partial charge in [0.05, 0.1) is 5.75 Å². The predicted molar refractivity (Wildman–Crippen MR) is 117 cm³/mol. The number of nitrogens with one attached hydrogen (secondary N) is 2. The standard InChI is InChI=1S/C22H20N4O2S/c1-14-8-10-16(11-9-14)24-18(27)13-29-22-25-19-17(15-6-4-3-5-7-15)12-23-20(19)21(28)26(22)2/h3-12,23H,13H2,1-2H3,(H,24,27). The summed E-state index contributed by atoms with van der Waals surface area (Å²) in [5.74, 6) is 0.00986. The second-order valence-corrected chi connectivity index (χ2v) is 7.70. The number of anilines is 1. The molecule has 0 bridgehead atoms. The van der Waals surface area contributed by atoms with Gasteiger partial charge in [0.2, 0.25) is 5.91 Å². The highest BCUT2D eigenvalue weighted by Gasteiger charge is 2.15. The number of fused-ring (bicyclic) bond motifs is 1. The van der Waals surface area contributed by atoms with Crippen molar-refractivity contribution in [2.45, 2.75) is 12.1 Å². The van der Waals surface area contributed by atoms with Crippen LogP contribution in [0.2, 0.25) is 0 Å². The molecule has 146 valence electrons. The maximum Gasteiger partial charge on any atom is 0.278 e. The van der Waals surface area contributed by atoms with Gasteiger partial charge in [-0.15, -0.1) is 0 Å². The first-order valence-corrected chi connectivity index (χ1v) is 10.1. The van der Waals surface area contributed by atoms with Crippen LogP contribution in [0.3, 0.4) is 0 Å². The van der Waals surface area contributed by atoms with E-state index in [1.54, 1.807) is 13.2 Å². The van der Waals surface area contributed by atoms with E-state index in [1.165, 1.54) is 16.3 Å². The lowest BCUT2D eigenvalue weighted by molar-refractivity contribution is -0.113. The van der Waals surface area contributed by atoms with Crippen molar-refractivity contribution in [3.05, 3.63) is 76.7 Å². The molecule has 0 saturated carbocycles. The largest absolute Gasteiger partial charge is 0.355 e. The minimum Gasteiger partial charge on any atom is -0.355 e. The maximum atomic E-state index is 12.7. The zero-order valence-electron chi connectivity index (χ0n) is 16.1. The Balaban J connectivity index is 1.58. The third-order valence-corrected chi connectivity index (χ3v) is 5.65.